The predicted octanol–water partition coefficient (Wildman–Crippen LogP) is 5.11. The lowest BCUT2D eigenvalue weighted by Gasteiger charge is -2.50. The highest BCUT2D eigenvalue weighted by atomic mass is 17.2. The number of hydrogen-bond donors (Lipinski definition) is 8. The number of carbonyl (C=O) groups excluding carboxylic acids is 2. The summed E-state index contributed by atoms with van der Waals surface area (Å²) in [4.78, 5) is 37.5. The van der Waals surface area contributed by atoms with Gasteiger partial charge in [-0.3, -0.25) is 0 Å². The molecule has 5 aliphatic rings. The summed E-state index contributed by atoms with van der Waals surface area (Å²) in [6.45, 7) is 21.1. The SMILES string of the molecule is CC[C@@H]1[C@@H](C)O[C@@](OO)([C@@H](C)[C@H](O)[C@H](C)[C@H]2OC(=O)/C=C/C=C/[C@H](C)[C@@H]([C@@H](C)[C@@H](O)[C@H](C)[C@@]3(OO)C[C@@H](O[C@H]4C[C@H](O)[C@H](O)[C@H](C)O4)[C@H](CC)[C@@H](C)O3)OC(=O)/C=C/C=C/[C@@H]2C)C[C@H]1O[C@@H]1C[C@H](O)[C@H](O)[C@H](C)O1. The van der Waals surface area contributed by atoms with Crippen LogP contribution in [0.3, 0.4) is 0 Å². The molecule has 424 valence electrons. The Morgan fingerprint density at radius 1 is 0.581 bits per heavy atom. The van der Waals surface area contributed by atoms with Gasteiger partial charge in [-0.1, -0.05) is 91.8 Å². The first-order valence-electron chi connectivity index (χ1n) is 26.7. The molecule has 0 unspecified atom stereocenters. The lowest BCUT2D eigenvalue weighted by molar-refractivity contribution is -0.457. The van der Waals surface area contributed by atoms with Crippen molar-refractivity contribution in [3.63, 3.8) is 0 Å². The Morgan fingerprint density at radius 2 is 0.932 bits per heavy atom. The fourth-order valence-corrected chi connectivity index (χ4v) is 11.9. The summed E-state index contributed by atoms with van der Waals surface area (Å²) in [5.74, 6) is -9.94. The summed E-state index contributed by atoms with van der Waals surface area (Å²) in [7, 11) is 0. The third-order valence-electron chi connectivity index (χ3n) is 16.7. The van der Waals surface area contributed by atoms with Gasteiger partial charge in [0.25, 0.3) is 0 Å². The summed E-state index contributed by atoms with van der Waals surface area (Å²) in [5, 5.41) is 86.8. The fraction of sp³-hybridized carbons (Fsp3) is 0.815. The summed E-state index contributed by atoms with van der Waals surface area (Å²) < 4.78 is 49.4. The average Bonchev–Trinajstić information content (AvgIpc) is 3.36. The summed E-state index contributed by atoms with van der Waals surface area (Å²) in [6.07, 6.45) is -1.02. The molecule has 0 saturated carbocycles. The molecule has 20 nitrogen and oxygen atoms in total. The second-order valence-corrected chi connectivity index (χ2v) is 21.8. The molecule has 5 rings (SSSR count). The van der Waals surface area contributed by atoms with Crippen molar-refractivity contribution in [1.29, 1.82) is 0 Å². The number of aliphatic hydroxyl groups is 6. The van der Waals surface area contributed by atoms with Gasteiger partial charge in [0.15, 0.2) is 12.6 Å². The van der Waals surface area contributed by atoms with Gasteiger partial charge in [0.05, 0.1) is 61.0 Å². The Bertz CT molecular complexity index is 1740. The summed E-state index contributed by atoms with van der Waals surface area (Å²) in [5.41, 5.74) is 0. The number of esters is 2. The van der Waals surface area contributed by atoms with E-state index in [1.807, 2.05) is 27.7 Å². The zero-order valence-electron chi connectivity index (χ0n) is 45.2. The highest BCUT2D eigenvalue weighted by Crippen LogP contribution is 2.46. The molecule has 0 aromatic carbocycles. The fourth-order valence-electron chi connectivity index (χ4n) is 11.9. The van der Waals surface area contributed by atoms with Gasteiger partial charge < -0.3 is 68.5 Å². The lowest BCUT2D eigenvalue weighted by atomic mass is 9.76. The van der Waals surface area contributed by atoms with Crippen molar-refractivity contribution in [1.82, 2.24) is 0 Å². The zero-order valence-corrected chi connectivity index (χ0v) is 45.2. The highest BCUT2D eigenvalue weighted by molar-refractivity contribution is 5.83. The second-order valence-electron chi connectivity index (χ2n) is 21.8. The third kappa shape index (κ3) is 14.5. The van der Waals surface area contributed by atoms with Crippen LogP contribution in [0, 0.1) is 47.3 Å². The molecule has 0 aliphatic carbocycles. The van der Waals surface area contributed by atoms with Crippen molar-refractivity contribution >= 4 is 11.9 Å². The molecule has 4 saturated heterocycles. The first-order valence-corrected chi connectivity index (χ1v) is 26.7. The van der Waals surface area contributed by atoms with Crippen molar-refractivity contribution < 1.29 is 98.4 Å². The van der Waals surface area contributed by atoms with Crippen molar-refractivity contribution in [2.24, 2.45) is 47.3 Å². The van der Waals surface area contributed by atoms with Crippen LogP contribution in [0.25, 0.3) is 0 Å². The smallest absolute Gasteiger partial charge is 0.331 e. The van der Waals surface area contributed by atoms with Gasteiger partial charge in [-0.05, 0) is 40.5 Å². The molecule has 4 fully saturated rings. The first-order chi connectivity index (χ1) is 34.9. The first kappa shape index (κ1) is 62.1. The van der Waals surface area contributed by atoms with E-state index in [9.17, 15) is 50.7 Å². The zero-order chi connectivity index (χ0) is 55.0. The van der Waals surface area contributed by atoms with Crippen LogP contribution in [-0.4, -0.2) is 163 Å². The summed E-state index contributed by atoms with van der Waals surface area (Å²) in [6, 6.07) is 0. The van der Waals surface area contributed by atoms with Gasteiger partial charge in [0, 0.05) is 85.2 Å². The van der Waals surface area contributed by atoms with E-state index in [-0.39, 0.29) is 37.5 Å². The number of ether oxygens (including phenoxy) is 8. The summed E-state index contributed by atoms with van der Waals surface area (Å²) >= 11 is 0. The Labute approximate surface area is 436 Å². The maximum Gasteiger partial charge on any atom is 0.331 e. The lowest BCUT2D eigenvalue weighted by Crippen LogP contribution is -2.60. The van der Waals surface area contributed by atoms with Crippen molar-refractivity contribution in [3.05, 3.63) is 48.6 Å². The van der Waals surface area contributed by atoms with E-state index < -0.39 is 157 Å². The van der Waals surface area contributed by atoms with Crippen molar-refractivity contribution in [3.8, 4) is 0 Å². The number of rotatable bonds is 16. The van der Waals surface area contributed by atoms with E-state index >= 15 is 0 Å². The van der Waals surface area contributed by atoms with Crippen molar-refractivity contribution in [2.75, 3.05) is 0 Å². The largest absolute Gasteiger partial charge is 0.458 e. The molecule has 0 bridgehead atoms. The number of carbonyl (C=O) groups is 2. The molecule has 0 spiro atoms. The number of aliphatic hydroxyl groups excluding tert-OH is 6. The molecule has 20 heteroatoms. The van der Waals surface area contributed by atoms with Gasteiger partial charge in [0.2, 0.25) is 11.6 Å². The van der Waals surface area contributed by atoms with Crippen LogP contribution in [0.5, 0.6) is 0 Å². The second kappa shape index (κ2) is 27.2. The quantitative estimate of drug-likeness (QED) is 0.0566. The van der Waals surface area contributed by atoms with E-state index in [0.29, 0.717) is 12.8 Å². The average molecular weight is 1060 g/mol. The van der Waals surface area contributed by atoms with Gasteiger partial charge >= 0.3 is 11.9 Å². The van der Waals surface area contributed by atoms with Gasteiger partial charge in [-0.25, -0.2) is 29.9 Å². The standard InChI is InChI=1S/C54H88O20/c1-13-37-33(9)71-53(73-63,25-41(37)67-45-23-39(55)49(61)35(11)65-45)31(7)47(59)29(5)51-27(3)19-15-17-22-44(58)70-52(28(4)20-16-18-21-43(57)69-51)30(6)48(60)32(8)54(74-64)26-42(38(14-2)34(10)72-54)68-46-24-40(56)50(62)36(12)66-46/h15-22,27-42,45-52,55-56,59-64H,13-14,23-26H2,1-12H3/b19-15+,20-16+,21-18+,22-17+/t27-,28-,29-,30-,31-,32-,33+,34+,35-,36-,37+,38+,39-,40-,41+,42+,45-,46+,47+,48+,49+,50+,51-,52-,53-,54-/m0/s1. The number of cyclic esters (lactones) is 2. The Kier molecular flexibility index (Phi) is 22.9. The minimum atomic E-state index is -1.79. The van der Waals surface area contributed by atoms with Crippen LogP contribution in [0.2, 0.25) is 0 Å². The van der Waals surface area contributed by atoms with Crippen LogP contribution >= 0.6 is 0 Å². The highest BCUT2D eigenvalue weighted by Gasteiger charge is 2.56. The van der Waals surface area contributed by atoms with Gasteiger partial charge in [-0.2, -0.15) is 0 Å². The normalized spacial score (nSPS) is 45.1. The minimum absolute atomic E-state index is 0.0212. The van der Waals surface area contributed by atoms with E-state index in [1.165, 1.54) is 24.3 Å². The van der Waals surface area contributed by atoms with Gasteiger partial charge in [-0.15, -0.1) is 0 Å². The molecule has 5 heterocycles. The molecular weight excluding hydrogens is 969 g/mol. The minimum Gasteiger partial charge on any atom is -0.458 e. The molecule has 0 aromatic rings. The third-order valence-corrected chi connectivity index (χ3v) is 16.7. The van der Waals surface area contributed by atoms with E-state index in [0.717, 1.165) is 0 Å². The van der Waals surface area contributed by atoms with Crippen LogP contribution in [0.15, 0.2) is 48.6 Å². The molecule has 0 aromatic heterocycles. The maximum absolute atomic E-state index is 13.6. The van der Waals surface area contributed by atoms with Crippen LogP contribution in [-0.2, 0) is 57.3 Å². The number of hydrogen-bond acceptors (Lipinski definition) is 20. The number of allylic oxidation sites excluding steroid dienone is 4. The Hall–Kier alpha value is -2.74. The van der Waals surface area contributed by atoms with Crippen LogP contribution in [0.1, 0.15) is 122 Å². The molecule has 74 heavy (non-hydrogen) atoms. The topological polar surface area (TPSA) is 288 Å². The van der Waals surface area contributed by atoms with Crippen molar-refractivity contribution in [2.45, 2.75) is 231 Å². The molecule has 5 aliphatic heterocycles. The molecule has 26 atom stereocenters. The molecule has 8 N–H and O–H groups in total. The van der Waals surface area contributed by atoms with Crippen LogP contribution in [0.4, 0.5) is 0 Å². The van der Waals surface area contributed by atoms with E-state index in [4.69, 9.17) is 47.7 Å². The maximum atomic E-state index is 13.6. The molecule has 0 radical (unpaired) electrons. The predicted molar refractivity (Wildman–Crippen MR) is 266 cm³/mol. The van der Waals surface area contributed by atoms with E-state index in [1.54, 1.807) is 79.7 Å². The van der Waals surface area contributed by atoms with Crippen LogP contribution < -0.4 is 0 Å². The molecule has 0 amide bonds. The Balaban J connectivity index is 1.31. The molecular formula is C54H88O20. The monoisotopic (exact) mass is 1060 g/mol. The van der Waals surface area contributed by atoms with E-state index in [2.05, 4.69) is 0 Å². The van der Waals surface area contributed by atoms with Gasteiger partial charge in [0.1, 0.15) is 24.4 Å². The Morgan fingerprint density at radius 3 is 1.24 bits per heavy atom.